The number of hydrogen-bond donors (Lipinski definition) is 2. The van der Waals surface area contributed by atoms with Gasteiger partial charge in [-0.3, -0.25) is 4.79 Å². The maximum atomic E-state index is 10.7. The number of rotatable bonds is 3. The van der Waals surface area contributed by atoms with Gasteiger partial charge in [-0.2, -0.15) is 0 Å². The van der Waals surface area contributed by atoms with Crippen LogP contribution in [0.2, 0.25) is 5.15 Å². The van der Waals surface area contributed by atoms with Crippen LogP contribution in [0.4, 0.5) is 5.82 Å². The molecule has 0 amide bonds. The molecule has 0 saturated carbocycles. The first-order chi connectivity index (χ1) is 7.78. The molecule has 1 aliphatic heterocycles. The number of pyridine rings is 1. The molecule has 0 spiro atoms. The standard InChI is InChI=1S/C11H14ClN3O/c12-10-5-8(7-16)6-11(15-10)14-9-1-3-13-4-2-9/h5-7,9,13H,1-4H2,(H,14,15). The molecule has 0 radical (unpaired) electrons. The van der Waals surface area contributed by atoms with Gasteiger partial charge in [0.05, 0.1) is 0 Å². The van der Waals surface area contributed by atoms with Gasteiger partial charge >= 0.3 is 0 Å². The van der Waals surface area contributed by atoms with Crippen LogP contribution in [0.15, 0.2) is 12.1 Å². The van der Waals surface area contributed by atoms with E-state index in [1.54, 1.807) is 12.1 Å². The molecule has 1 saturated heterocycles. The van der Waals surface area contributed by atoms with Crippen molar-refractivity contribution in [3.05, 3.63) is 22.8 Å². The number of halogens is 1. The average Bonchev–Trinajstić information content (AvgIpc) is 2.29. The van der Waals surface area contributed by atoms with Gasteiger partial charge in [0.15, 0.2) is 0 Å². The van der Waals surface area contributed by atoms with Crippen molar-refractivity contribution in [2.24, 2.45) is 0 Å². The van der Waals surface area contributed by atoms with E-state index in [-0.39, 0.29) is 0 Å². The fourth-order valence-electron chi connectivity index (χ4n) is 1.83. The van der Waals surface area contributed by atoms with E-state index in [0.717, 1.165) is 32.2 Å². The van der Waals surface area contributed by atoms with Gasteiger partial charge in [-0.15, -0.1) is 0 Å². The number of carbonyl (C=O) groups excluding carboxylic acids is 1. The number of hydrogen-bond acceptors (Lipinski definition) is 4. The van der Waals surface area contributed by atoms with Gasteiger partial charge in [-0.1, -0.05) is 11.6 Å². The highest BCUT2D eigenvalue weighted by Gasteiger charge is 2.13. The van der Waals surface area contributed by atoms with E-state index in [2.05, 4.69) is 15.6 Å². The molecule has 16 heavy (non-hydrogen) atoms. The van der Waals surface area contributed by atoms with Gasteiger partial charge in [0.2, 0.25) is 0 Å². The summed E-state index contributed by atoms with van der Waals surface area (Å²) in [7, 11) is 0. The van der Waals surface area contributed by atoms with Gasteiger partial charge < -0.3 is 10.6 Å². The lowest BCUT2D eigenvalue weighted by atomic mass is 10.1. The summed E-state index contributed by atoms with van der Waals surface area (Å²) in [4.78, 5) is 14.8. The number of aromatic nitrogens is 1. The molecule has 1 aromatic heterocycles. The minimum absolute atomic E-state index is 0.348. The third-order valence-electron chi connectivity index (χ3n) is 2.64. The maximum absolute atomic E-state index is 10.7. The molecule has 5 heteroatoms. The quantitative estimate of drug-likeness (QED) is 0.623. The Morgan fingerprint density at radius 3 is 2.88 bits per heavy atom. The Balaban J connectivity index is 2.07. The Morgan fingerprint density at radius 1 is 1.44 bits per heavy atom. The fraction of sp³-hybridized carbons (Fsp3) is 0.455. The second-order valence-corrected chi connectivity index (χ2v) is 4.28. The van der Waals surface area contributed by atoms with Crippen LogP contribution < -0.4 is 10.6 Å². The second-order valence-electron chi connectivity index (χ2n) is 3.89. The van der Waals surface area contributed by atoms with Crippen molar-refractivity contribution >= 4 is 23.7 Å². The Hall–Kier alpha value is -1.13. The predicted molar refractivity (Wildman–Crippen MR) is 64.1 cm³/mol. The van der Waals surface area contributed by atoms with Crippen molar-refractivity contribution in [2.45, 2.75) is 18.9 Å². The smallest absolute Gasteiger partial charge is 0.150 e. The second kappa shape index (κ2) is 5.27. The summed E-state index contributed by atoms with van der Waals surface area (Å²) in [5.74, 6) is 0.682. The molecular weight excluding hydrogens is 226 g/mol. The monoisotopic (exact) mass is 239 g/mol. The third-order valence-corrected chi connectivity index (χ3v) is 2.84. The predicted octanol–water partition coefficient (Wildman–Crippen LogP) is 1.71. The van der Waals surface area contributed by atoms with Crippen LogP contribution >= 0.6 is 11.6 Å². The Bertz CT molecular complexity index is 377. The molecule has 2 heterocycles. The molecule has 86 valence electrons. The Morgan fingerprint density at radius 2 is 2.19 bits per heavy atom. The summed E-state index contributed by atoms with van der Waals surface area (Å²) in [6.07, 6.45) is 2.90. The topological polar surface area (TPSA) is 54.0 Å². The number of carbonyl (C=O) groups is 1. The molecule has 0 bridgehead atoms. The van der Waals surface area contributed by atoms with E-state index in [1.807, 2.05) is 0 Å². The summed E-state index contributed by atoms with van der Waals surface area (Å²) >= 11 is 5.82. The lowest BCUT2D eigenvalue weighted by Gasteiger charge is -2.24. The van der Waals surface area contributed by atoms with Crippen molar-refractivity contribution in [1.29, 1.82) is 0 Å². The van der Waals surface area contributed by atoms with Gasteiger partial charge in [-0.05, 0) is 38.1 Å². The van der Waals surface area contributed by atoms with Crippen molar-refractivity contribution in [3.63, 3.8) is 0 Å². The zero-order valence-corrected chi connectivity index (χ0v) is 9.63. The number of anilines is 1. The van der Waals surface area contributed by atoms with Crippen LogP contribution in [0.3, 0.4) is 0 Å². The molecule has 0 unspecified atom stereocenters. The molecule has 1 aromatic rings. The van der Waals surface area contributed by atoms with Crippen LogP contribution in [-0.4, -0.2) is 30.4 Å². The first kappa shape index (κ1) is 11.4. The maximum Gasteiger partial charge on any atom is 0.150 e. The molecule has 0 aromatic carbocycles. The molecule has 0 atom stereocenters. The van der Waals surface area contributed by atoms with Gasteiger partial charge in [0.1, 0.15) is 17.3 Å². The summed E-state index contributed by atoms with van der Waals surface area (Å²) in [5, 5.41) is 6.94. The molecule has 1 aliphatic rings. The van der Waals surface area contributed by atoms with Crippen LogP contribution in [0.5, 0.6) is 0 Å². The number of piperidine rings is 1. The summed E-state index contributed by atoms with van der Waals surface area (Å²) < 4.78 is 0. The van der Waals surface area contributed by atoms with Crippen molar-refractivity contribution in [3.8, 4) is 0 Å². The lowest BCUT2D eigenvalue weighted by molar-refractivity contribution is 0.112. The minimum atomic E-state index is 0.348. The van der Waals surface area contributed by atoms with E-state index < -0.39 is 0 Å². The zero-order chi connectivity index (χ0) is 11.4. The molecule has 2 N–H and O–H groups in total. The Labute approximate surface area is 99.4 Å². The minimum Gasteiger partial charge on any atom is -0.367 e. The fourth-order valence-corrected chi connectivity index (χ4v) is 2.05. The number of nitrogens with one attached hydrogen (secondary N) is 2. The van der Waals surface area contributed by atoms with Crippen LogP contribution in [-0.2, 0) is 0 Å². The summed E-state index contributed by atoms with van der Waals surface area (Å²) in [6, 6.07) is 3.69. The average molecular weight is 240 g/mol. The molecule has 1 fully saturated rings. The summed E-state index contributed by atoms with van der Waals surface area (Å²) in [6.45, 7) is 2.03. The van der Waals surface area contributed by atoms with Crippen molar-refractivity contribution in [2.75, 3.05) is 18.4 Å². The highest BCUT2D eigenvalue weighted by molar-refractivity contribution is 6.29. The van der Waals surface area contributed by atoms with Gasteiger partial charge in [0, 0.05) is 11.6 Å². The molecule has 4 nitrogen and oxygen atoms in total. The normalized spacial score (nSPS) is 17.1. The SMILES string of the molecule is O=Cc1cc(Cl)nc(NC2CCNCC2)c1. The van der Waals surface area contributed by atoms with Crippen LogP contribution in [0.1, 0.15) is 23.2 Å². The number of nitrogens with zero attached hydrogens (tertiary/aromatic N) is 1. The van der Waals surface area contributed by atoms with E-state index >= 15 is 0 Å². The molecule has 2 rings (SSSR count). The van der Waals surface area contributed by atoms with Crippen molar-refractivity contribution in [1.82, 2.24) is 10.3 Å². The van der Waals surface area contributed by atoms with Gasteiger partial charge in [0.25, 0.3) is 0 Å². The third kappa shape index (κ3) is 2.93. The lowest BCUT2D eigenvalue weighted by Crippen LogP contribution is -2.35. The highest BCUT2D eigenvalue weighted by Crippen LogP contribution is 2.16. The van der Waals surface area contributed by atoms with Crippen LogP contribution in [0, 0.1) is 0 Å². The van der Waals surface area contributed by atoms with Crippen LogP contribution in [0.25, 0.3) is 0 Å². The van der Waals surface area contributed by atoms with E-state index in [9.17, 15) is 4.79 Å². The number of aldehydes is 1. The van der Waals surface area contributed by atoms with E-state index in [0.29, 0.717) is 22.6 Å². The van der Waals surface area contributed by atoms with E-state index in [1.165, 1.54) is 0 Å². The largest absolute Gasteiger partial charge is 0.367 e. The van der Waals surface area contributed by atoms with E-state index in [4.69, 9.17) is 11.6 Å². The first-order valence-electron chi connectivity index (χ1n) is 5.38. The van der Waals surface area contributed by atoms with Crippen molar-refractivity contribution < 1.29 is 4.79 Å². The molecule has 0 aliphatic carbocycles. The zero-order valence-electron chi connectivity index (χ0n) is 8.87. The van der Waals surface area contributed by atoms with Gasteiger partial charge in [-0.25, -0.2) is 4.98 Å². The first-order valence-corrected chi connectivity index (χ1v) is 5.76. The highest BCUT2D eigenvalue weighted by atomic mass is 35.5. The summed E-state index contributed by atoms with van der Waals surface area (Å²) in [5.41, 5.74) is 0.552. The Kier molecular flexibility index (Phi) is 3.74. The molecular formula is C11H14ClN3O.